The van der Waals surface area contributed by atoms with Crippen molar-refractivity contribution in [2.75, 3.05) is 18.2 Å². The van der Waals surface area contributed by atoms with Gasteiger partial charge in [0.2, 0.25) is 0 Å². The van der Waals surface area contributed by atoms with Crippen LogP contribution in [-0.2, 0) is 31.6 Å². The average molecular weight is 382 g/mol. The molecule has 1 fully saturated rings. The van der Waals surface area contributed by atoms with Crippen molar-refractivity contribution in [1.29, 1.82) is 0 Å². The summed E-state index contributed by atoms with van der Waals surface area (Å²) in [5, 5.41) is 16.0. The number of hydroxylamine groups is 3. The highest BCUT2D eigenvalue weighted by Gasteiger charge is 2.53. The molecule has 2 aliphatic rings. The van der Waals surface area contributed by atoms with Crippen LogP contribution < -0.4 is 5.06 Å². The zero-order valence-corrected chi connectivity index (χ0v) is 14.8. The standard InChI is InChI=1S/C16H16ClN3O6/c1-9-12(10(2)24-18-9)6-20-23-8-16(26-20)13-5-11(17)3-4-14(13)19(25-16)7-15(21)22/h3-5H,6-8H2,1-2H3,(H,21,22). The number of hydrogen-bond acceptors (Lipinski definition) is 8. The molecule has 0 bridgehead atoms. The summed E-state index contributed by atoms with van der Waals surface area (Å²) in [5.41, 5.74) is 2.75. The minimum atomic E-state index is -1.30. The summed E-state index contributed by atoms with van der Waals surface area (Å²) in [6.45, 7) is 3.61. The van der Waals surface area contributed by atoms with Gasteiger partial charge in [0.25, 0.3) is 5.79 Å². The molecule has 4 rings (SSSR count). The fourth-order valence-electron chi connectivity index (χ4n) is 3.03. The summed E-state index contributed by atoms with van der Waals surface area (Å²) in [5.74, 6) is -1.66. The van der Waals surface area contributed by atoms with Crippen molar-refractivity contribution in [3.05, 3.63) is 45.8 Å². The van der Waals surface area contributed by atoms with Crippen LogP contribution in [0.1, 0.15) is 22.6 Å². The molecule has 138 valence electrons. The third kappa shape index (κ3) is 2.83. The first kappa shape index (κ1) is 17.3. The number of carbonyl (C=O) groups is 1. The van der Waals surface area contributed by atoms with Crippen LogP contribution in [0.3, 0.4) is 0 Å². The summed E-state index contributed by atoms with van der Waals surface area (Å²) in [4.78, 5) is 28.5. The molecule has 0 amide bonds. The molecular formula is C16H16ClN3O6. The summed E-state index contributed by atoms with van der Waals surface area (Å²) in [6, 6.07) is 5.03. The Balaban J connectivity index is 1.61. The Morgan fingerprint density at radius 1 is 1.38 bits per heavy atom. The van der Waals surface area contributed by atoms with Crippen molar-refractivity contribution in [1.82, 2.24) is 10.4 Å². The first-order valence-electron chi connectivity index (χ1n) is 7.88. The first-order valence-corrected chi connectivity index (χ1v) is 8.25. The van der Waals surface area contributed by atoms with E-state index in [2.05, 4.69) is 5.16 Å². The predicted molar refractivity (Wildman–Crippen MR) is 87.8 cm³/mol. The van der Waals surface area contributed by atoms with Gasteiger partial charge in [-0.1, -0.05) is 22.0 Å². The van der Waals surface area contributed by atoms with Gasteiger partial charge in [-0.3, -0.25) is 9.63 Å². The average Bonchev–Trinajstić information content (AvgIpc) is 3.21. The van der Waals surface area contributed by atoms with E-state index in [9.17, 15) is 4.79 Å². The molecule has 1 atom stereocenters. The van der Waals surface area contributed by atoms with Gasteiger partial charge in [-0.05, 0) is 32.0 Å². The predicted octanol–water partition coefficient (Wildman–Crippen LogP) is 2.31. The van der Waals surface area contributed by atoms with E-state index in [1.165, 1.54) is 10.3 Å². The molecule has 1 unspecified atom stereocenters. The van der Waals surface area contributed by atoms with E-state index in [1.54, 1.807) is 25.1 Å². The van der Waals surface area contributed by atoms with E-state index in [4.69, 9.17) is 35.7 Å². The minimum Gasteiger partial charge on any atom is -0.480 e. The molecule has 10 heteroatoms. The molecular weight excluding hydrogens is 366 g/mol. The van der Waals surface area contributed by atoms with Gasteiger partial charge in [-0.25, -0.2) is 14.7 Å². The fourth-order valence-corrected chi connectivity index (χ4v) is 3.20. The molecule has 2 aliphatic heterocycles. The number of hydrogen-bond donors (Lipinski definition) is 1. The van der Waals surface area contributed by atoms with Crippen LogP contribution in [0.15, 0.2) is 22.7 Å². The molecule has 3 heterocycles. The largest absolute Gasteiger partial charge is 0.480 e. The van der Waals surface area contributed by atoms with Crippen molar-refractivity contribution in [3.63, 3.8) is 0 Å². The first-order chi connectivity index (χ1) is 12.4. The van der Waals surface area contributed by atoms with Crippen molar-refractivity contribution >= 4 is 23.3 Å². The molecule has 1 spiro atoms. The van der Waals surface area contributed by atoms with Gasteiger partial charge in [-0.2, -0.15) is 0 Å². The molecule has 1 aromatic carbocycles. The summed E-state index contributed by atoms with van der Waals surface area (Å²) < 4.78 is 5.15. The van der Waals surface area contributed by atoms with Gasteiger partial charge >= 0.3 is 5.97 Å². The lowest BCUT2D eigenvalue weighted by atomic mass is 10.1. The van der Waals surface area contributed by atoms with Crippen molar-refractivity contribution in [2.24, 2.45) is 0 Å². The Kier molecular flexibility index (Phi) is 4.13. The van der Waals surface area contributed by atoms with Crippen LogP contribution in [0.4, 0.5) is 5.69 Å². The van der Waals surface area contributed by atoms with Crippen molar-refractivity contribution in [2.45, 2.75) is 26.2 Å². The van der Waals surface area contributed by atoms with Crippen LogP contribution >= 0.6 is 11.6 Å². The van der Waals surface area contributed by atoms with E-state index in [0.29, 0.717) is 22.0 Å². The van der Waals surface area contributed by atoms with Crippen LogP contribution in [-0.4, -0.2) is 34.6 Å². The van der Waals surface area contributed by atoms with Gasteiger partial charge in [-0.15, -0.1) is 0 Å². The number of nitrogens with zero attached hydrogens (tertiary/aromatic N) is 3. The molecule has 1 N–H and O–H groups in total. The van der Waals surface area contributed by atoms with E-state index < -0.39 is 11.8 Å². The second kappa shape index (κ2) is 6.22. The number of rotatable bonds is 4. The number of carboxylic acid groups (broad SMARTS) is 1. The van der Waals surface area contributed by atoms with Gasteiger partial charge in [0, 0.05) is 16.1 Å². The SMILES string of the molecule is Cc1noc(C)c1CN1OCC2(O1)ON(CC(=O)O)c1ccc(Cl)cc12. The summed E-state index contributed by atoms with van der Waals surface area (Å²) in [6.07, 6.45) is 0. The molecule has 26 heavy (non-hydrogen) atoms. The van der Waals surface area contributed by atoms with Gasteiger partial charge < -0.3 is 9.63 Å². The Hall–Kier alpha value is -2.17. The fraction of sp³-hybridized carbons (Fsp3) is 0.375. The lowest BCUT2D eigenvalue weighted by Crippen LogP contribution is -2.36. The monoisotopic (exact) mass is 381 g/mol. The number of fused-ring (bicyclic) bond motifs is 2. The number of aromatic nitrogens is 1. The van der Waals surface area contributed by atoms with Crippen LogP contribution in [0.2, 0.25) is 5.02 Å². The third-order valence-corrected chi connectivity index (χ3v) is 4.53. The van der Waals surface area contributed by atoms with Crippen LogP contribution in [0, 0.1) is 13.8 Å². The van der Waals surface area contributed by atoms with Gasteiger partial charge in [0.15, 0.2) is 0 Å². The Bertz CT molecular complexity index is 852. The molecule has 0 aliphatic carbocycles. The van der Waals surface area contributed by atoms with Crippen LogP contribution in [0.5, 0.6) is 0 Å². The number of anilines is 1. The Morgan fingerprint density at radius 3 is 2.88 bits per heavy atom. The zero-order chi connectivity index (χ0) is 18.5. The maximum Gasteiger partial charge on any atom is 0.325 e. The summed E-state index contributed by atoms with van der Waals surface area (Å²) >= 11 is 6.11. The van der Waals surface area contributed by atoms with Crippen LogP contribution in [0.25, 0.3) is 0 Å². The normalized spacial score (nSPS) is 22.3. The zero-order valence-electron chi connectivity index (χ0n) is 14.1. The number of benzene rings is 1. The Labute approximate surface area is 153 Å². The maximum absolute atomic E-state index is 11.1. The van der Waals surface area contributed by atoms with Crippen molar-refractivity contribution < 1.29 is 28.9 Å². The number of aliphatic carboxylic acids is 1. The van der Waals surface area contributed by atoms with E-state index in [1.807, 2.05) is 6.92 Å². The summed E-state index contributed by atoms with van der Waals surface area (Å²) in [7, 11) is 0. The minimum absolute atomic E-state index is 0.0415. The van der Waals surface area contributed by atoms with Crippen molar-refractivity contribution in [3.8, 4) is 0 Å². The maximum atomic E-state index is 11.1. The lowest BCUT2D eigenvalue weighted by molar-refractivity contribution is -0.367. The van der Waals surface area contributed by atoms with E-state index in [-0.39, 0.29) is 19.7 Å². The number of carboxylic acids is 1. The number of aryl methyl sites for hydroxylation is 2. The topological polar surface area (TPSA) is 97.5 Å². The second-order valence-electron chi connectivity index (χ2n) is 6.09. The van der Waals surface area contributed by atoms with Gasteiger partial charge in [0.05, 0.1) is 17.9 Å². The molecule has 1 saturated heterocycles. The molecule has 0 saturated carbocycles. The highest BCUT2D eigenvalue weighted by atomic mass is 35.5. The third-order valence-electron chi connectivity index (χ3n) is 4.29. The quantitative estimate of drug-likeness (QED) is 0.855. The molecule has 1 aromatic heterocycles. The lowest BCUT2D eigenvalue weighted by Gasteiger charge is -2.22. The highest BCUT2D eigenvalue weighted by Crippen LogP contribution is 2.47. The molecule has 9 nitrogen and oxygen atoms in total. The highest BCUT2D eigenvalue weighted by molar-refractivity contribution is 6.30. The molecule has 0 radical (unpaired) electrons. The number of halogens is 1. The second-order valence-corrected chi connectivity index (χ2v) is 6.53. The van der Waals surface area contributed by atoms with E-state index in [0.717, 1.165) is 11.3 Å². The molecule has 2 aromatic rings. The van der Waals surface area contributed by atoms with Gasteiger partial charge in [0.1, 0.15) is 18.9 Å². The Morgan fingerprint density at radius 2 is 2.19 bits per heavy atom. The smallest absolute Gasteiger partial charge is 0.325 e. The van der Waals surface area contributed by atoms with E-state index >= 15 is 0 Å².